The number of hydrogen-bond acceptors (Lipinski definition) is 4. The van der Waals surface area contributed by atoms with Crippen molar-refractivity contribution in [1.82, 2.24) is 0 Å². The summed E-state index contributed by atoms with van der Waals surface area (Å²) in [7, 11) is 0. The summed E-state index contributed by atoms with van der Waals surface area (Å²) in [4.78, 5) is 34.2. The third-order valence-corrected chi connectivity index (χ3v) is 2.88. The van der Waals surface area contributed by atoms with Crippen LogP contribution in [-0.2, 0) is 4.74 Å². The van der Waals surface area contributed by atoms with Gasteiger partial charge in [0.05, 0.1) is 16.7 Å². The van der Waals surface area contributed by atoms with Gasteiger partial charge in [0.25, 0.3) is 0 Å². The smallest absolute Gasteiger partial charge is 0.347 e. The molecule has 0 aromatic heterocycles. The van der Waals surface area contributed by atoms with E-state index in [0.717, 1.165) is 0 Å². The number of carboxylic acid groups (broad SMARTS) is 1. The molecule has 0 saturated heterocycles. The predicted molar refractivity (Wildman–Crippen MR) is 60.7 cm³/mol. The Morgan fingerprint density at radius 2 is 1.72 bits per heavy atom. The number of ether oxygens (including phenoxy) is 1. The van der Waals surface area contributed by atoms with E-state index in [9.17, 15) is 14.4 Å². The average Bonchev–Trinajstić information content (AvgIpc) is 2.64. The van der Waals surface area contributed by atoms with Gasteiger partial charge in [0, 0.05) is 0 Å². The van der Waals surface area contributed by atoms with Crippen LogP contribution in [0.25, 0.3) is 10.8 Å². The molecule has 5 nitrogen and oxygen atoms in total. The summed E-state index contributed by atoms with van der Waals surface area (Å²) in [5.74, 6) is -2.69. The number of aromatic carboxylic acids is 1. The van der Waals surface area contributed by atoms with Crippen molar-refractivity contribution < 1.29 is 24.2 Å². The molecule has 3 rings (SSSR count). The van der Waals surface area contributed by atoms with Crippen LogP contribution < -0.4 is 0 Å². The highest BCUT2D eigenvalue weighted by Gasteiger charge is 2.33. The lowest BCUT2D eigenvalue weighted by Gasteiger charge is -2.05. The van der Waals surface area contributed by atoms with Crippen LogP contribution in [0.2, 0.25) is 0 Å². The number of cyclic esters (lactones) is 2. The van der Waals surface area contributed by atoms with Crippen molar-refractivity contribution in [3.05, 3.63) is 47.0 Å². The lowest BCUT2D eigenvalue weighted by atomic mass is 9.96. The quantitative estimate of drug-likeness (QED) is 0.609. The van der Waals surface area contributed by atoms with Crippen LogP contribution in [0.1, 0.15) is 31.1 Å². The van der Waals surface area contributed by atoms with Crippen molar-refractivity contribution in [2.24, 2.45) is 0 Å². The molecule has 2 aromatic carbocycles. The first-order valence-corrected chi connectivity index (χ1v) is 5.15. The third-order valence-electron chi connectivity index (χ3n) is 2.88. The Morgan fingerprint density at radius 3 is 2.39 bits per heavy atom. The molecule has 0 spiro atoms. The van der Waals surface area contributed by atoms with Gasteiger partial charge in [0.2, 0.25) is 0 Å². The average molecular weight is 242 g/mol. The van der Waals surface area contributed by atoms with E-state index in [1.54, 1.807) is 24.3 Å². The maximum Gasteiger partial charge on any atom is 0.347 e. The van der Waals surface area contributed by atoms with Gasteiger partial charge in [0.15, 0.2) is 0 Å². The van der Waals surface area contributed by atoms with Crippen LogP contribution in [0.15, 0.2) is 30.3 Å². The summed E-state index contributed by atoms with van der Waals surface area (Å²) in [6, 6.07) is 7.72. The van der Waals surface area contributed by atoms with Gasteiger partial charge in [-0.3, -0.25) is 0 Å². The number of carbonyl (C=O) groups is 3. The Bertz CT molecular complexity index is 729. The van der Waals surface area contributed by atoms with Gasteiger partial charge >= 0.3 is 17.9 Å². The summed E-state index contributed by atoms with van der Waals surface area (Å²) >= 11 is 0. The fourth-order valence-electron chi connectivity index (χ4n) is 2.12. The Balaban J connectivity index is 2.52. The number of rotatable bonds is 1. The van der Waals surface area contributed by atoms with Gasteiger partial charge in [-0.15, -0.1) is 0 Å². The molecule has 0 fully saturated rings. The minimum atomic E-state index is -1.15. The number of benzene rings is 2. The molecular weight excluding hydrogens is 236 g/mol. The van der Waals surface area contributed by atoms with Crippen LogP contribution >= 0.6 is 0 Å². The maximum absolute atomic E-state index is 11.6. The zero-order valence-electron chi connectivity index (χ0n) is 8.97. The van der Waals surface area contributed by atoms with Crippen molar-refractivity contribution in [3.8, 4) is 0 Å². The number of esters is 2. The van der Waals surface area contributed by atoms with Gasteiger partial charge in [-0.25, -0.2) is 14.4 Å². The fraction of sp³-hybridized carbons (Fsp3) is 0. The number of fused-ring (bicyclic) bond motifs is 3. The first-order chi connectivity index (χ1) is 8.59. The summed E-state index contributed by atoms with van der Waals surface area (Å²) in [6.07, 6.45) is 0. The Hall–Kier alpha value is -2.69. The first kappa shape index (κ1) is 10.5. The Kier molecular flexibility index (Phi) is 1.98. The zero-order valence-corrected chi connectivity index (χ0v) is 8.97. The highest BCUT2D eigenvalue weighted by molar-refractivity contribution is 6.23. The normalized spacial score (nSPS) is 13.6. The van der Waals surface area contributed by atoms with Crippen LogP contribution in [0.5, 0.6) is 0 Å². The van der Waals surface area contributed by atoms with Crippen LogP contribution in [-0.4, -0.2) is 23.0 Å². The topological polar surface area (TPSA) is 80.7 Å². The van der Waals surface area contributed by atoms with Gasteiger partial charge in [-0.05, 0) is 16.8 Å². The second-order valence-corrected chi connectivity index (χ2v) is 3.87. The number of carbonyl (C=O) groups excluding carboxylic acids is 2. The lowest BCUT2D eigenvalue weighted by Crippen LogP contribution is -2.02. The largest absolute Gasteiger partial charge is 0.478 e. The zero-order chi connectivity index (χ0) is 12.9. The highest BCUT2D eigenvalue weighted by atomic mass is 16.6. The van der Waals surface area contributed by atoms with E-state index < -0.39 is 17.9 Å². The van der Waals surface area contributed by atoms with E-state index in [1.165, 1.54) is 6.07 Å². The first-order valence-electron chi connectivity index (χ1n) is 5.15. The molecule has 0 saturated carbocycles. The molecule has 1 N–H and O–H groups in total. The molecule has 1 aliphatic heterocycles. The lowest BCUT2D eigenvalue weighted by molar-refractivity contribution is 0.0444. The van der Waals surface area contributed by atoms with Gasteiger partial charge in [0.1, 0.15) is 0 Å². The van der Waals surface area contributed by atoms with Gasteiger partial charge < -0.3 is 9.84 Å². The molecular formula is C13H6O5. The van der Waals surface area contributed by atoms with E-state index in [2.05, 4.69) is 4.74 Å². The number of hydrogen-bond donors (Lipinski definition) is 1. The third kappa shape index (κ3) is 1.24. The van der Waals surface area contributed by atoms with Crippen LogP contribution in [0.4, 0.5) is 0 Å². The molecule has 1 aliphatic rings. The van der Waals surface area contributed by atoms with Gasteiger partial charge in [-0.1, -0.05) is 24.3 Å². The molecule has 0 bridgehead atoms. The fourth-order valence-corrected chi connectivity index (χ4v) is 2.12. The van der Waals surface area contributed by atoms with Crippen molar-refractivity contribution in [2.75, 3.05) is 0 Å². The summed E-state index contributed by atoms with van der Waals surface area (Å²) in [5, 5.41) is 9.96. The molecule has 0 amide bonds. The molecule has 1 heterocycles. The summed E-state index contributed by atoms with van der Waals surface area (Å²) in [6.45, 7) is 0. The monoisotopic (exact) mass is 242 g/mol. The second kappa shape index (κ2) is 3.40. The molecule has 0 radical (unpaired) electrons. The molecule has 0 aliphatic carbocycles. The van der Waals surface area contributed by atoms with Crippen molar-refractivity contribution >= 4 is 28.7 Å². The van der Waals surface area contributed by atoms with E-state index in [0.29, 0.717) is 10.8 Å². The Labute approximate surface area is 101 Å². The molecule has 2 aromatic rings. The van der Waals surface area contributed by atoms with E-state index >= 15 is 0 Å². The maximum atomic E-state index is 11.6. The van der Waals surface area contributed by atoms with E-state index in [1.807, 2.05) is 0 Å². The minimum absolute atomic E-state index is 0.0103. The second-order valence-electron chi connectivity index (χ2n) is 3.87. The predicted octanol–water partition coefficient (Wildman–Crippen LogP) is 1.85. The van der Waals surface area contributed by atoms with Crippen molar-refractivity contribution in [2.45, 2.75) is 0 Å². The van der Waals surface area contributed by atoms with E-state index in [4.69, 9.17) is 5.11 Å². The number of carboxylic acids is 1. The molecule has 5 heteroatoms. The van der Waals surface area contributed by atoms with Crippen molar-refractivity contribution in [3.63, 3.8) is 0 Å². The van der Waals surface area contributed by atoms with E-state index in [-0.39, 0.29) is 16.7 Å². The molecule has 0 unspecified atom stereocenters. The molecule has 88 valence electrons. The van der Waals surface area contributed by atoms with Crippen LogP contribution in [0, 0.1) is 0 Å². The Morgan fingerprint density at radius 1 is 1.06 bits per heavy atom. The SMILES string of the molecule is O=C1OC(=O)c2c1cc(C(=O)O)c1ccccc21. The standard InChI is InChI=1S/C13H6O5/c14-11(15)8-5-9-10(13(17)18-12(9)16)7-4-2-1-3-6(7)8/h1-5H,(H,14,15). The summed E-state index contributed by atoms with van der Waals surface area (Å²) in [5.41, 5.74) is 0.132. The van der Waals surface area contributed by atoms with Gasteiger partial charge in [-0.2, -0.15) is 0 Å². The molecule has 0 atom stereocenters. The molecule has 18 heavy (non-hydrogen) atoms. The highest BCUT2D eigenvalue weighted by Crippen LogP contribution is 2.31. The minimum Gasteiger partial charge on any atom is -0.478 e. The summed E-state index contributed by atoms with van der Waals surface area (Å²) < 4.78 is 4.50. The van der Waals surface area contributed by atoms with Crippen molar-refractivity contribution in [1.29, 1.82) is 0 Å². The van der Waals surface area contributed by atoms with Crippen LogP contribution in [0.3, 0.4) is 0 Å².